The number of carbonyl (C=O) groups excluding carboxylic acids is 2. The molecule has 0 saturated carbocycles. The Bertz CT molecular complexity index is 636. The molecular weight excluding hydrogens is 282 g/mol. The van der Waals surface area contributed by atoms with Gasteiger partial charge in [-0.2, -0.15) is 0 Å². The molecule has 6 nitrogen and oxygen atoms in total. The van der Waals surface area contributed by atoms with Crippen LogP contribution in [-0.2, 0) is 19.6 Å². The number of amides is 1. The zero-order valence-electron chi connectivity index (χ0n) is 11.8. The van der Waals surface area contributed by atoms with Crippen molar-refractivity contribution < 1.29 is 22.7 Å². The van der Waals surface area contributed by atoms with Crippen LogP contribution in [0.5, 0.6) is 5.75 Å². The summed E-state index contributed by atoms with van der Waals surface area (Å²) in [6, 6.07) is 4.41. The largest absolute Gasteiger partial charge is 0.427 e. The van der Waals surface area contributed by atoms with E-state index in [0.29, 0.717) is 11.3 Å². The van der Waals surface area contributed by atoms with Crippen molar-refractivity contribution in [1.82, 2.24) is 0 Å². The monoisotopic (exact) mass is 299 g/mol. The van der Waals surface area contributed by atoms with E-state index in [4.69, 9.17) is 4.74 Å². The molecule has 0 aliphatic carbocycles. The fraction of sp³-hybridized carbons (Fsp3) is 0.385. The summed E-state index contributed by atoms with van der Waals surface area (Å²) in [5.41, 5.74) is 0.784. The maximum absolute atomic E-state index is 12.0. The molecule has 0 atom stereocenters. The summed E-state index contributed by atoms with van der Waals surface area (Å²) in [5, 5.41) is 0. The lowest BCUT2D eigenvalue weighted by Crippen LogP contribution is -2.36. The second-order valence-corrected chi connectivity index (χ2v) is 6.33. The number of hydrogen-bond acceptors (Lipinski definition) is 5. The summed E-state index contributed by atoms with van der Waals surface area (Å²) in [6.45, 7) is 5.57. The van der Waals surface area contributed by atoms with E-state index in [-0.39, 0.29) is 11.4 Å². The molecule has 0 N–H and O–H groups in total. The van der Waals surface area contributed by atoms with Crippen LogP contribution in [0, 0.1) is 6.92 Å². The molecule has 0 aliphatic heterocycles. The molecule has 0 bridgehead atoms. The van der Waals surface area contributed by atoms with E-state index < -0.39 is 21.9 Å². The minimum absolute atomic E-state index is 0.183. The summed E-state index contributed by atoms with van der Waals surface area (Å²) in [4.78, 5) is 22.5. The van der Waals surface area contributed by atoms with Crippen LogP contribution in [0.1, 0.15) is 26.3 Å². The van der Waals surface area contributed by atoms with Crippen molar-refractivity contribution in [3.05, 3.63) is 23.8 Å². The van der Waals surface area contributed by atoms with E-state index >= 15 is 0 Å². The summed E-state index contributed by atoms with van der Waals surface area (Å²) in [6.07, 6.45) is 0. The van der Waals surface area contributed by atoms with Crippen LogP contribution in [0.15, 0.2) is 18.2 Å². The Hall–Kier alpha value is -1.89. The number of hydrogen-bond donors (Lipinski definition) is 0. The minimum Gasteiger partial charge on any atom is -0.427 e. The molecular formula is C13H17NO5S. The van der Waals surface area contributed by atoms with Crippen molar-refractivity contribution in [2.75, 3.05) is 10.1 Å². The van der Waals surface area contributed by atoms with Gasteiger partial charge in [0.05, 0.1) is 11.4 Å². The van der Waals surface area contributed by atoms with Gasteiger partial charge < -0.3 is 4.74 Å². The van der Waals surface area contributed by atoms with Crippen LogP contribution in [0.25, 0.3) is 0 Å². The van der Waals surface area contributed by atoms with Crippen molar-refractivity contribution in [2.45, 2.75) is 27.7 Å². The Morgan fingerprint density at radius 3 is 2.25 bits per heavy atom. The van der Waals surface area contributed by atoms with Gasteiger partial charge in [0.15, 0.2) is 0 Å². The molecule has 0 unspecified atom stereocenters. The molecule has 1 amide bonds. The van der Waals surface area contributed by atoms with Gasteiger partial charge in [-0.3, -0.25) is 9.59 Å². The van der Waals surface area contributed by atoms with Gasteiger partial charge in [0.25, 0.3) is 0 Å². The highest BCUT2D eigenvalue weighted by atomic mass is 32.2. The lowest BCUT2D eigenvalue weighted by molar-refractivity contribution is -0.131. The molecule has 110 valence electrons. The van der Waals surface area contributed by atoms with Gasteiger partial charge >= 0.3 is 5.97 Å². The number of aryl methyl sites for hydroxylation is 1. The molecule has 0 heterocycles. The standard InChI is InChI=1S/C13H17NO5S/c1-5-20(17,18)14(10(3)15)13-7-6-12(8-9(13)2)19-11(4)16/h6-8H,5H2,1-4H3. The lowest BCUT2D eigenvalue weighted by atomic mass is 10.2. The molecule has 1 rings (SSSR count). The second-order valence-electron chi connectivity index (χ2n) is 4.23. The Kier molecular flexibility index (Phi) is 4.88. The molecule has 20 heavy (non-hydrogen) atoms. The third-order valence-corrected chi connectivity index (χ3v) is 4.32. The van der Waals surface area contributed by atoms with Crippen molar-refractivity contribution in [1.29, 1.82) is 0 Å². The normalized spacial score (nSPS) is 11.0. The number of sulfonamides is 1. The molecule has 0 spiro atoms. The molecule has 1 aromatic rings. The second kappa shape index (κ2) is 6.04. The van der Waals surface area contributed by atoms with Crippen LogP contribution in [-0.4, -0.2) is 26.0 Å². The maximum Gasteiger partial charge on any atom is 0.308 e. The molecule has 0 fully saturated rings. The Balaban J connectivity index is 3.30. The van der Waals surface area contributed by atoms with Gasteiger partial charge in [-0.25, -0.2) is 12.7 Å². The van der Waals surface area contributed by atoms with E-state index in [0.717, 1.165) is 4.31 Å². The number of nitrogens with zero attached hydrogens (tertiary/aromatic N) is 1. The third-order valence-electron chi connectivity index (χ3n) is 2.58. The molecule has 0 saturated heterocycles. The first-order valence-corrected chi connectivity index (χ1v) is 7.62. The van der Waals surface area contributed by atoms with Crippen molar-refractivity contribution in [3.63, 3.8) is 0 Å². The smallest absolute Gasteiger partial charge is 0.308 e. The van der Waals surface area contributed by atoms with Gasteiger partial charge in [-0.05, 0) is 37.6 Å². The zero-order valence-corrected chi connectivity index (χ0v) is 12.7. The quantitative estimate of drug-likeness (QED) is 0.623. The summed E-state index contributed by atoms with van der Waals surface area (Å²) in [5.74, 6) is -0.939. The maximum atomic E-state index is 12.0. The van der Waals surface area contributed by atoms with E-state index in [1.165, 1.54) is 39.0 Å². The first-order chi connectivity index (χ1) is 9.19. The van der Waals surface area contributed by atoms with Crippen LogP contribution < -0.4 is 9.04 Å². The van der Waals surface area contributed by atoms with Crippen LogP contribution in [0.4, 0.5) is 5.69 Å². The van der Waals surface area contributed by atoms with Crippen molar-refractivity contribution in [3.8, 4) is 5.75 Å². The van der Waals surface area contributed by atoms with Crippen molar-refractivity contribution in [2.24, 2.45) is 0 Å². The van der Waals surface area contributed by atoms with E-state index in [9.17, 15) is 18.0 Å². The molecule has 1 aromatic carbocycles. The van der Waals surface area contributed by atoms with E-state index in [2.05, 4.69) is 0 Å². The van der Waals surface area contributed by atoms with Gasteiger partial charge in [0, 0.05) is 13.8 Å². The van der Waals surface area contributed by atoms with Crippen molar-refractivity contribution >= 4 is 27.6 Å². The van der Waals surface area contributed by atoms with E-state index in [1.807, 2.05) is 0 Å². The average Bonchev–Trinajstić information content (AvgIpc) is 2.31. The SMILES string of the molecule is CCS(=O)(=O)N(C(C)=O)c1ccc(OC(C)=O)cc1C. The predicted octanol–water partition coefficient (Wildman–Crippen LogP) is 1.62. The first-order valence-electron chi connectivity index (χ1n) is 6.01. The molecule has 0 aliphatic rings. The van der Waals surface area contributed by atoms with Gasteiger partial charge in [-0.1, -0.05) is 0 Å². The number of ether oxygens (including phenoxy) is 1. The van der Waals surface area contributed by atoms with E-state index in [1.54, 1.807) is 6.92 Å². The highest BCUT2D eigenvalue weighted by Gasteiger charge is 2.26. The summed E-state index contributed by atoms with van der Waals surface area (Å²) in [7, 11) is -3.69. The Morgan fingerprint density at radius 2 is 1.85 bits per heavy atom. The Labute approximate surface area is 118 Å². The fourth-order valence-corrected chi connectivity index (χ4v) is 2.88. The Morgan fingerprint density at radius 1 is 1.25 bits per heavy atom. The third kappa shape index (κ3) is 3.57. The molecule has 0 radical (unpaired) electrons. The zero-order chi connectivity index (χ0) is 15.5. The highest BCUT2D eigenvalue weighted by Crippen LogP contribution is 2.27. The van der Waals surface area contributed by atoms with Crippen LogP contribution >= 0.6 is 0 Å². The summed E-state index contributed by atoms with van der Waals surface area (Å²) < 4.78 is 29.6. The fourth-order valence-electron chi connectivity index (χ4n) is 1.73. The lowest BCUT2D eigenvalue weighted by Gasteiger charge is -2.22. The molecule has 0 aromatic heterocycles. The van der Waals surface area contributed by atoms with Crippen LogP contribution in [0.2, 0.25) is 0 Å². The van der Waals surface area contributed by atoms with Gasteiger partial charge in [0.1, 0.15) is 5.75 Å². The number of benzene rings is 1. The first kappa shape index (κ1) is 16.2. The topological polar surface area (TPSA) is 80.8 Å². The molecule has 7 heteroatoms. The number of esters is 1. The minimum atomic E-state index is -3.69. The average molecular weight is 299 g/mol. The number of rotatable bonds is 4. The number of anilines is 1. The predicted molar refractivity (Wildman–Crippen MR) is 75.1 cm³/mol. The number of carbonyl (C=O) groups is 2. The van der Waals surface area contributed by atoms with Crippen LogP contribution in [0.3, 0.4) is 0 Å². The van der Waals surface area contributed by atoms with Gasteiger partial charge in [0.2, 0.25) is 15.9 Å². The summed E-state index contributed by atoms with van der Waals surface area (Å²) >= 11 is 0. The highest BCUT2D eigenvalue weighted by molar-refractivity contribution is 7.93. The van der Waals surface area contributed by atoms with Gasteiger partial charge in [-0.15, -0.1) is 0 Å².